The van der Waals surface area contributed by atoms with E-state index < -0.39 is 10.0 Å². The van der Waals surface area contributed by atoms with E-state index in [1.54, 1.807) is 6.07 Å². The molecule has 0 radical (unpaired) electrons. The van der Waals surface area contributed by atoms with Crippen LogP contribution < -0.4 is 5.32 Å². The first-order valence-electron chi connectivity index (χ1n) is 8.84. The number of thiophene rings is 1. The summed E-state index contributed by atoms with van der Waals surface area (Å²) < 4.78 is 27.4. The Morgan fingerprint density at radius 2 is 1.92 bits per heavy atom. The minimum absolute atomic E-state index is 0.0316. The van der Waals surface area contributed by atoms with Gasteiger partial charge in [-0.3, -0.25) is 4.79 Å². The fraction of sp³-hybridized carbons (Fsp3) is 0.706. The largest absolute Gasteiger partial charge is 0.353 e. The number of nitrogens with zero attached hydrogens (tertiary/aromatic N) is 1. The van der Waals surface area contributed by atoms with Gasteiger partial charge in [0.2, 0.25) is 5.91 Å². The van der Waals surface area contributed by atoms with Crippen LogP contribution in [0, 0.1) is 12.8 Å². The molecule has 1 atom stereocenters. The Hall–Kier alpha value is -0.920. The summed E-state index contributed by atoms with van der Waals surface area (Å²) in [5.74, 6) is -0.194. The zero-order chi connectivity index (χ0) is 17.2. The SMILES string of the molecule is Cc1ccc(S(=O)(=O)N2CCC[C@@H](C(=O)NC3CCCCC3)C2)s1. The molecule has 2 aliphatic rings. The number of rotatable bonds is 4. The van der Waals surface area contributed by atoms with E-state index in [2.05, 4.69) is 5.32 Å². The highest BCUT2D eigenvalue weighted by Gasteiger charge is 2.34. The number of nitrogens with one attached hydrogen (secondary N) is 1. The second-order valence-electron chi connectivity index (χ2n) is 6.91. The number of hydrogen-bond donors (Lipinski definition) is 1. The molecule has 7 heteroatoms. The zero-order valence-electron chi connectivity index (χ0n) is 14.2. The Labute approximate surface area is 148 Å². The summed E-state index contributed by atoms with van der Waals surface area (Å²) in [5.41, 5.74) is 0. The number of aryl methyl sites for hydroxylation is 1. The molecule has 0 aromatic carbocycles. The third-order valence-electron chi connectivity index (χ3n) is 5.02. The lowest BCUT2D eigenvalue weighted by molar-refractivity contribution is -0.127. The molecule has 0 bridgehead atoms. The average molecular weight is 371 g/mol. The van der Waals surface area contributed by atoms with Gasteiger partial charge in [-0.2, -0.15) is 4.31 Å². The molecule has 2 fully saturated rings. The van der Waals surface area contributed by atoms with Crippen molar-refractivity contribution in [1.82, 2.24) is 9.62 Å². The maximum atomic E-state index is 12.8. The van der Waals surface area contributed by atoms with Gasteiger partial charge in [-0.1, -0.05) is 19.3 Å². The molecular formula is C17H26N2O3S2. The Balaban J connectivity index is 1.64. The monoisotopic (exact) mass is 370 g/mol. The molecule has 1 aromatic heterocycles. The van der Waals surface area contributed by atoms with Crippen LogP contribution in [0.2, 0.25) is 0 Å². The predicted molar refractivity (Wildman–Crippen MR) is 95.6 cm³/mol. The Bertz CT molecular complexity index is 678. The first-order valence-corrected chi connectivity index (χ1v) is 11.1. The highest BCUT2D eigenvalue weighted by atomic mass is 32.2. The Kier molecular flexibility index (Phi) is 5.62. The molecule has 1 saturated carbocycles. The second kappa shape index (κ2) is 7.54. The van der Waals surface area contributed by atoms with Crippen LogP contribution in [0.3, 0.4) is 0 Å². The van der Waals surface area contributed by atoms with Gasteiger partial charge in [0.1, 0.15) is 4.21 Å². The smallest absolute Gasteiger partial charge is 0.252 e. The molecule has 1 aromatic rings. The number of carbonyl (C=O) groups excluding carboxylic acids is 1. The summed E-state index contributed by atoms with van der Waals surface area (Å²) in [5, 5.41) is 3.15. The van der Waals surface area contributed by atoms with Crippen molar-refractivity contribution >= 4 is 27.3 Å². The summed E-state index contributed by atoms with van der Waals surface area (Å²) in [4.78, 5) is 13.5. The quantitative estimate of drug-likeness (QED) is 0.886. The van der Waals surface area contributed by atoms with E-state index in [4.69, 9.17) is 0 Å². The van der Waals surface area contributed by atoms with Crippen molar-refractivity contribution in [2.45, 2.75) is 62.1 Å². The molecule has 1 amide bonds. The van der Waals surface area contributed by atoms with Gasteiger partial charge in [0.05, 0.1) is 5.92 Å². The van der Waals surface area contributed by atoms with Gasteiger partial charge in [-0.25, -0.2) is 8.42 Å². The van der Waals surface area contributed by atoms with E-state index in [-0.39, 0.29) is 17.9 Å². The van der Waals surface area contributed by atoms with Crippen LogP contribution in [-0.2, 0) is 14.8 Å². The minimum atomic E-state index is -3.47. The van der Waals surface area contributed by atoms with Gasteiger partial charge in [0.15, 0.2) is 0 Å². The topological polar surface area (TPSA) is 66.5 Å². The van der Waals surface area contributed by atoms with Crippen LogP contribution in [-0.4, -0.2) is 37.8 Å². The van der Waals surface area contributed by atoms with Crippen LogP contribution >= 0.6 is 11.3 Å². The molecule has 2 heterocycles. The molecule has 1 saturated heterocycles. The van der Waals surface area contributed by atoms with Crippen LogP contribution in [0.15, 0.2) is 16.3 Å². The standard InChI is InChI=1S/C17H26N2O3S2/c1-13-9-10-16(23-13)24(21,22)19-11-5-6-14(12-19)17(20)18-15-7-3-2-4-8-15/h9-10,14-15H,2-8,11-12H2,1H3,(H,18,20)/t14-/m1/s1. The number of sulfonamides is 1. The Morgan fingerprint density at radius 3 is 2.58 bits per heavy atom. The number of hydrogen-bond acceptors (Lipinski definition) is 4. The molecule has 134 valence electrons. The fourth-order valence-electron chi connectivity index (χ4n) is 3.62. The third-order valence-corrected chi connectivity index (χ3v) is 8.35. The van der Waals surface area contributed by atoms with E-state index in [0.29, 0.717) is 17.3 Å². The lowest BCUT2D eigenvalue weighted by Gasteiger charge is -2.32. The molecule has 0 unspecified atom stereocenters. The number of piperidine rings is 1. The summed E-state index contributed by atoms with van der Waals surface area (Å²) in [6.07, 6.45) is 7.22. The number of carbonyl (C=O) groups is 1. The fourth-order valence-corrected chi connectivity index (χ4v) is 6.58. The van der Waals surface area contributed by atoms with Gasteiger partial charge < -0.3 is 5.32 Å². The van der Waals surface area contributed by atoms with Crippen molar-refractivity contribution < 1.29 is 13.2 Å². The minimum Gasteiger partial charge on any atom is -0.353 e. The summed E-state index contributed by atoms with van der Waals surface area (Å²) in [6.45, 7) is 2.71. The lowest BCUT2D eigenvalue weighted by atomic mass is 9.93. The van der Waals surface area contributed by atoms with Crippen molar-refractivity contribution in [3.63, 3.8) is 0 Å². The van der Waals surface area contributed by atoms with Gasteiger partial charge in [0, 0.05) is 24.0 Å². The predicted octanol–water partition coefficient (Wildman–Crippen LogP) is 2.91. The molecule has 1 N–H and O–H groups in total. The first-order chi connectivity index (χ1) is 11.5. The van der Waals surface area contributed by atoms with Crippen molar-refractivity contribution in [2.24, 2.45) is 5.92 Å². The second-order valence-corrected chi connectivity index (χ2v) is 10.4. The molecule has 1 aliphatic heterocycles. The van der Waals surface area contributed by atoms with E-state index in [9.17, 15) is 13.2 Å². The van der Waals surface area contributed by atoms with E-state index in [1.165, 1.54) is 34.9 Å². The third kappa shape index (κ3) is 4.00. The highest BCUT2D eigenvalue weighted by Crippen LogP contribution is 2.28. The highest BCUT2D eigenvalue weighted by molar-refractivity contribution is 7.91. The first kappa shape index (κ1) is 17.9. The van der Waals surface area contributed by atoms with Gasteiger partial charge in [-0.05, 0) is 44.7 Å². The molecule has 5 nitrogen and oxygen atoms in total. The summed E-state index contributed by atoms with van der Waals surface area (Å²) >= 11 is 1.30. The van der Waals surface area contributed by atoms with Crippen LogP contribution in [0.25, 0.3) is 0 Å². The Morgan fingerprint density at radius 1 is 1.17 bits per heavy atom. The normalized spacial score (nSPS) is 24.0. The molecular weight excluding hydrogens is 344 g/mol. The van der Waals surface area contributed by atoms with Gasteiger partial charge >= 0.3 is 0 Å². The summed E-state index contributed by atoms with van der Waals surface area (Å²) in [7, 11) is -3.47. The van der Waals surface area contributed by atoms with Crippen LogP contribution in [0.5, 0.6) is 0 Å². The van der Waals surface area contributed by atoms with Crippen molar-refractivity contribution in [2.75, 3.05) is 13.1 Å². The zero-order valence-corrected chi connectivity index (χ0v) is 15.8. The molecule has 24 heavy (non-hydrogen) atoms. The van der Waals surface area contributed by atoms with Crippen LogP contribution in [0.4, 0.5) is 0 Å². The number of amides is 1. The van der Waals surface area contributed by atoms with E-state index >= 15 is 0 Å². The van der Waals surface area contributed by atoms with Gasteiger partial charge in [-0.15, -0.1) is 11.3 Å². The molecule has 1 aliphatic carbocycles. The average Bonchev–Trinajstić information content (AvgIpc) is 3.03. The van der Waals surface area contributed by atoms with Gasteiger partial charge in [0.25, 0.3) is 10.0 Å². The maximum Gasteiger partial charge on any atom is 0.252 e. The lowest BCUT2D eigenvalue weighted by Crippen LogP contribution is -2.47. The summed E-state index contributed by atoms with van der Waals surface area (Å²) in [6, 6.07) is 3.77. The van der Waals surface area contributed by atoms with E-state index in [0.717, 1.165) is 30.6 Å². The van der Waals surface area contributed by atoms with E-state index in [1.807, 2.05) is 13.0 Å². The van der Waals surface area contributed by atoms with Crippen molar-refractivity contribution in [3.05, 3.63) is 17.0 Å². The molecule has 0 spiro atoms. The van der Waals surface area contributed by atoms with Crippen molar-refractivity contribution in [3.8, 4) is 0 Å². The molecule has 3 rings (SSSR count). The van der Waals surface area contributed by atoms with Crippen LogP contribution in [0.1, 0.15) is 49.8 Å². The van der Waals surface area contributed by atoms with Crippen molar-refractivity contribution in [1.29, 1.82) is 0 Å². The maximum absolute atomic E-state index is 12.8.